The number of nitrogens with zero attached hydrogens (tertiary/aromatic N) is 2. The summed E-state index contributed by atoms with van der Waals surface area (Å²) in [5.74, 6) is -1.03. The number of aryl methyl sites for hydroxylation is 1. The van der Waals surface area contributed by atoms with Crippen LogP contribution in [-0.4, -0.2) is 77.0 Å². The van der Waals surface area contributed by atoms with Gasteiger partial charge in [0.2, 0.25) is 17.7 Å². The molecule has 4 heterocycles. The van der Waals surface area contributed by atoms with E-state index in [-0.39, 0.29) is 23.8 Å². The Morgan fingerprint density at radius 1 is 1.05 bits per heavy atom. The molecule has 0 aromatic heterocycles. The highest BCUT2D eigenvalue weighted by atomic mass is 16.5. The van der Waals surface area contributed by atoms with E-state index in [1.54, 1.807) is 4.90 Å². The fraction of sp³-hybridized carbons (Fsp3) is 0.667. The number of ether oxygens (including phenoxy) is 1. The Bertz CT molecular complexity index is 1220. The first-order chi connectivity index (χ1) is 19.7. The SMILES string of the molecule is Cc1cccc(NC(=O)[C@@H]2[C@@H]3C=C[C@]4(O3)[C@@H]2C(=O)N(CCN2CCCC[C@H]2C)[C@H]4C(=O)N[C@@H]2CCC[C@H](C)[C@H]2C)c1. The molecule has 9 atom stereocenters. The van der Waals surface area contributed by atoms with Gasteiger partial charge in [-0.15, -0.1) is 0 Å². The first-order valence-electron chi connectivity index (χ1n) is 15.8. The van der Waals surface area contributed by atoms with E-state index >= 15 is 0 Å². The minimum Gasteiger partial charge on any atom is -0.359 e. The van der Waals surface area contributed by atoms with E-state index in [4.69, 9.17) is 4.74 Å². The zero-order valence-corrected chi connectivity index (χ0v) is 25.0. The molecule has 1 saturated carbocycles. The largest absolute Gasteiger partial charge is 0.359 e. The lowest BCUT2D eigenvalue weighted by Gasteiger charge is -2.39. The maximum Gasteiger partial charge on any atom is 0.246 e. The Labute approximate surface area is 244 Å². The molecule has 2 bridgehead atoms. The van der Waals surface area contributed by atoms with Crippen LogP contribution in [0.2, 0.25) is 0 Å². The summed E-state index contributed by atoms with van der Waals surface area (Å²) in [7, 11) is 0. The molecule has 0 radical (unpaired) electrons. The van der Waals surface area contributed by atoms with Gasteiger partial charge < -0.3 is 20.3 Å². The lowest BCUT2D eigenvalue weighted by Crippen LogP contribution is -2.58. The average Bonchev–Trinajstić information content (AvgIpc) is 3.58. The number of piperidine rings is 1. The molecular formula is C33H46N4O4. The van der Waals surface area contributed by atoms with Gasteiger partial charge in [0.05, 0.1) is 17.9 Å². The first-order valence-corrected chi connectivity index (χ1v) is 15.8. The predicted octanol–water partition coefficient (Wildman–Crippen LogP) is 3.90. The molecule has 6 rings (SSSR count). The van der Waals surface area contributed by atoms with Crippen LogP contribution in [0.15, 0.2) is 36.4 Å². The molecule has 3 amide bonds. The maximum atomic E-state index is 14.3. The Morgan fingerprint density at radius 3 is 2.66 bits per heavy atom. The highest BCUT2D eigenvalue weighted by molar-refractivity contribution is 6.02. The van der Waals surface area contributed by atoms with Gasteiger partial charge in [-0.05, 0) is 69.2 Å². The Morgan fingerprint density at radius 2 is 1.88 bits per heavy atom. The molecular weight excluding hydrogens is 516 g/mol. The molecule has 1 aliphatic carbocycles. The van der Waals surface area contributed by atoms with Crippen molar-refractivity contribution in [2.75, 3.05) is 25.0 Å². The molecule has 4 aliphatic heterocycles. The summed E-state index contributed by atoms with van der Waals surface area (Å²) in [5.41, 5.74) is 0.616. The van der Waals surface area contributed by atoms with Crippen molar-refractivity contribution in [1.82, 2.24) is 15.1 Å². The molecule has 8 nitrogen and oxygen atoms in total. The lowest BCUT2D eigenvalue weighted by atomic mass is 9.73. The number of hydrogen-bond acceptors (Lipinski definition) is 5. The van der Waals surface area contributed by atoms with E-state index < -0.39 is 29.6 Å². The van der Waals surface area contributed by atoms with Gasteiger partial charge in [-0.3, -0.25) is 19.3 Å². The Kier molecular flexibility index (Phi) is 7.74. The van der Waals surface area contributed by atoms with Gasteiger partial charge in [0.25, 0.3) is 0 Å². The minimum absolute atomic E-state index is 0.0729. The molecule has 8 heteroatoms. The average molecular weight is 563 g/mol. The van der Waals surface area contributed by atoms with Gasteiger partial charge in [-0.2, -0.15) is 0 Å². The van der Waals surface area contributed by atoms with Crippen LogP contribution in [-0.2, 0) is 19.1 Å². The second-order valence-electron chi connectivity index (χ2n) is 13.4. The molecule has 41 heavy (non-hydrogen) atoms. The second kappa shape index (κ2) is 11.2. The lowest BCUT2D eigenvalue weighted by molar-refractivity contribution is -0.142. The summed E-state index contributed by atoms with van der Waals surface area (Å²) in [6.45, 7) is 10.9. The first kappa shape index (κ1) is 28.4. The van der Waals surface area contributed by atoms with Crippen molar-refractivity contribution in [3.63, 3.8) is 0 Å². The van der Waals surface area contributed by atoms with Crippen LogP contribution >= 0.6 is 0 Å². The fourth-order valence-electron chi connectivity index (χ4n) is 8.23. The topological polar surface area (TPSA) is 91.0 Å². The number of carbonyl (C=O) groups excluding carboxylic acids is 3. The van der Waals surface area contributed by atoms with E-state index in [9.17, 15) is 14.4 Å². The quantitative estimate of drug-likeness (QED) is 0.492. The maximum absolute atomic E-state index is 14.3. The summed E-state index contributed by atoms with van der Waals surface area (Å²) in [4.78, 5) is 46.4. The zero-order valence-electron chi connectivity index (χ0n) is 25.0. The molecule has 1 aromatic rings. The van der Waals surface area contributed by atoms with Gasteiger partial charge in [-0.1, -0.05) is 57.4 Å². The van der Waals surface area contributed by atoms with Crippen LogP contribution in [0.5, 0.6) is 0 Å². The van der Waals surface area contributed by atoms with Crippen molar-refractivity contribution in [2.24, 2.45) is 23.7 Å². The van der Waals surface area contributed by atoms with Gasteiger partial charge in [-0.25, -0.2) is 0 Å². The van der Waals surface area contributed by atoms with Crippen molar-refractivity contribution in [2.45, 2.75) is 96.1 Å². The molecule has 1 spiro atoms. The van der Waals surface area contributed by atoms with Gasteiger partial charge in [0, 0.05) is 30.9 Å². The number of benzene rings is 1. The van der Waals surface area contributed by atoms with Gasteiger partial charge in [0.15, 0.2) is 0 Å². The van der Waals surface area contributed by atoms with E-state index in [0.717, 1.165) is 37.8 Å². The Hall–Kier alpha value is -2.71. The smallest absolute Gasteiger partial charge is 0.246 e. The molecule has 3 saturated heterocycles. The van der Waals surface area contributed by atoms with E-state index in [0.29, 0.717) is 36.7 Å². The summed E-state index contributed by atoms with van der Waals surface area (Å²) < 4.78 is 6.55. The summed E-state index contributed by atoms with van der Waals surface area (Å²) >= 11 is 0. The van der Waals surface area contributed by atoms with Gasteiger partial charge >= 0.3 is 0 Å². The molecule has 0 unspecified atom stereocenters. The van der Waals surface area contributed by atoms with Crippen LogP contribution in [0.1, 0.15) is 64.9 Å². The molecule has 1 aromatic carbocycles. The van der Waals surface area contributed by atoms with Crippen LogP contribution < -0.4 is 10.6 Å². The number of anilines is 1. The van der Waals surface area contributed by atoms with Crippen LogP contribution in [0.3, 0.4) is 0 Å². The normalized spacial score (nSPS) is 38.2. The van der Waals surface area contributed by atoms with Crippen molar-refractivity contribution in [1.29, 1.82) is 0 Å². The van der Waals surface area contributed by atoms with Crippen molar-refractivity contribution in [3.05, 3.63) is 42.0 Å². The highest BCUT2D eigenvalue weighted by Gasteiger charge is 2.72. The number of nitrogens with one attached hydrogen (secondary N) is 2. The minimum atomic E-state index is -1.13. The number of carbonyl (C=O) groups is 3. The van der Waals surface area contributed by atoms with E-state index in [1.807, 2.05) is 43.3 Å². The number of hydrogen-bond donors (Lipinski definition) is 2. The Balaban J connectivity index is 1.28. The van der Waals surface area contributed by atoms with Crippen LogP contribution in [0.25, 0.3) is 0 Å². The van der Waals surface area contributed by atoms with Crippen LogP contribution in [0.4, 0.5) is 5.69 Å². The zero-order chi connectivity index (χ0) is 28.9. The van der Waals surface area contributed by atoms with Crippen molar-refractivity contribution < 1.29 is 19.1 Å². The summed E-state index contributed by atoms with van der Waals surface area (Å²) in [5, 5.41) is 6.39. The molecule has 4 fully saturated rings. The number of amides is 3. The number of rotatable bonds is 7. The third kappa shape index (κ3) is 5.01. The predicted molar refractivity (Wildman–Crippen MR) is 158 cm³/mol. The molecule has 2 N–H and O–H groups in total. The number of likely N-dealkylation sites (tertiary alicyclic amines) is 2. The monoisotopic (exact) mass is 562 g/mol. The van der Waals surface area contributed by atoms with Gasteiger partial charge in [0.1, 0.15) is 11.6 Å². The highest BCUT2D eigenvalue weighted by Crippen LogP contribution is 2.55. The van der Waals surface area contributed by atoms with E-state index in [1.165, 1.54) is 12.8 Å². The van der Waals surface area contributed by atoms with Crippen molar-refractivity contribution >= 4 is 23.4 Å². The second-order valence-corrected chi connectivity index (χ2v) is 13.4. The van der Waals surface area contributed by atoms with Crippen LogP contribution in [0, 0.1) is 30.6 Å². The molecule has 222 valence electrons. The third-order valence-electron chi connectivity index (χ3n) is 10.8. The molecule has 5 aliphatic rings. The summed E-state index contributed by atoms with van der Waals surface area (Å²) in [6.07, 6.45) is 10.0. The number of fused-ring (bicyclic) bond motifs is 1. The standard InChI is InChI=1S/C33H46N4O4/c1-20-9-7-12-24(19-20)34-30(38)27-26-14-15-33(41-26)28(27)32(40)37(18-17-36-16-6-5-11-22(36)3)29(33)31(39)35-25-13-8-10-21(2)23(25)4/h7,9,12,14-15,19,21-23,25-29H,5-6,8,10-11,13,16-18H2,1-4H3,(H,34,38)(H,35,39)/t21-,22+,23+,25+,26-,27+,28-,29-,33-/m0/s1. The van der Waals surface area contributed by atoms with E-state index in [2.05, 4.69) is 36.3 Å². The third-order valence-corrected chi connectivity index (χ3v) is 10.8. The summed E-state index contributed by atoms with van der Waals surface area (Å²) in [6, 6.07) is 7.40. The van der Waals surface area contributed by atoms with Crippen molar-refractivity contribution in [3.8, 4) is 0 Å². The fourth-order valence-corrected chi connectivity index (χ4v) is 8.23.